The molecule has 1 unspecified atom stereocenters. The molecule has 150 valence electrons. The van der Waals surface area contributed by atoms with Gasteiger partial charge in [-0.2, -0.15) is 0 Å². The first-order valence-electron chi connectivity index (χ1n) is 8.87. The number of hydrogen-bond donors (Lipinski definition) is 1. The number of nitrogens with zero attached hydrogens (tertiary/aromatic N) is 2. The summed E-state index contributed by atoms with van der Waals surface area (Å²) in [5, 5.41) is 3.42. The molecule has 28 heavy (non-hydrogen) atoms. The second-order valence-electron chi connectivity index (χ2n) is 6.18. The second kappa shape index (κ2) is 10.1. The summed E-state index contributed by atoms with van der Waals surface area (Å²) in [5.74, 6) is -0.331. The molecule has 0 radical (unpaired) electrons. The Labute approximate surface area is 169 Å². The fourth-order valence-electron chi connectivity index (χ4n) is 2.68. The Morgan fingerprint density at radius 3 is 2.43 bits per heavy atom. The predicted molar refractivity (Wildman–Crippen MR) is 109 cm³/mol. The van der Waals surface area contributed by atoms with Gasteiger partial charge in [0.05, 0.1) is 12.8 Å². The molecule has 1 atom stereocenters. The van der Waals surface area contributed by atoms with Gasteiger partial charge in [-0.1, -0.05) is 23.9 Å². The predicted octanol–water partition coefficient (Wildman–Crippen LogP) is 3.33. The minimum Gasteiger partial charge on any atom is -0.495 e. The molecule has 0 spiro atoms. The molecular weight excluding hydrogens is 378 g/mol. The van der Waals surface area contributed by atoms with Crippen LogP contribution >= 0.6 is 11.8 Å². The van der Waals surface area contributed by atoms with E-state index in [1.807, 2.05) is 20.1 Å². The zero-order valence-corrected chi connectivity index (χ0v) is 17.6. The number of hydrogen-bond acceptors (Lipinski definition) is 7. The first-order chi connectivity index (χ1) is 13.3. The zero-order valence-electron chi connectivity index (χ0n) is 16.7. The van der Waals surface area contributed by atoms with Gasteiger partial charge in [-0.25, -0.2) is 9.97 Å². The Morgan fingerprint density at radius 1 is 1.18 bits per heavy atom. The molecule has 0 aliphatic heterocycles. The lowest BCUT2D eigenvalue weighted by Gasteiger charge is -2.15. The lowest BCUT2D eigenvalue weighted by molar-refractivity contribution is -0.153. The Bertz CT molecular complexity index is 834. The molecule has 0 aliphatic carbocycles. The topological polar surface area (TPSA) is 90.4 Å². The standard InChI is InChI=1S/C20H25N3O4S/c1-12-15(13(2)22-20(21-12)28-5)10-11-18(24)27-14(3)19(25)23-16-8-6-7-9-17(16)26-4/h6-9,14H,10-11H2,1-5H3,(H,23,25). The number of ether oxygens (including phenoxy) is 2. The number of carbonyl (C=O) groups excluding carboxylic acids is 2. The summed E-state index contributed by atoms with van der Waals surface area (Å²) in [7, 11) is 1.52. The number of anilines is 1. The Morgan fingerprint density at radius 2 is 1.82 bits per heavy atom. The van der Waals surface area contributed by atoms with Crippen LogP contribution in [0.1, 0.15) is 30.3 Å². The quantitative estimate of drug-likeness (QED) is 0.411. The molecule has 0 aliphatic rings. The molecule has 1 N–H and O–H groups in total. The summed E-state index contributed by atoms with van der Waals surface area (Å²) in [4.78, 5) is 33.3. The van der Waals surface area contributed by atoms with Crippen molar-refractivity contribution in [2.75, 3.05) is 18.7 Å². The third-order valence-electron chi connectivity index (χ3n) is 4.20. The van der Waals surface area contributed by atoms with Gasteiger partial charge in [0.25, 0.3) is 5.91 Å². The lowest BCUT2D eigenvalue weighted by atomic mass is 10.1. The van der Waals surface area contributed by atoms with E-state index in [0.717, 1.165) is 17.0 Å². The summed E-state index contributed by atoms with van der Waals surface area (Å²) in [6.45, 7) is 5.34. The van der Waals surface area contributed by atoms with Crippen molar-refractivity contribution in [3.63, 3.8) is 0 Å². The third-order valence-corrected chi connectivity index (χ3v) is 4.75. The van der Waals surface area contributed by atoms with Crippen LogP contribution in [0.3, 0.4) is 0 Å². The molecular formula is C20H25N3O4S. The number of amides is 1. The number of methoxy groups -OCH3 is 1. The van der Waals surface area contributed by atoms with Crippen molar-refractivity contribution in [2.45, 2.75) is 44.9 Å². The highest BCUT2D eigenvalue weighted by atomic mass is 32.2. The molecule has 0 saturated heterocycles. The molecule has 0 saturated carbocycles. The van der Waals surface area contributed by atoms with Crippen LogP contribution in [0.25, 0.3) is 0 Å². The van der Waals surface area contributed by atoms with E-state index < -0.39 is 18.0 Å². The smallest absolute Gasteiger partial charge is 0.306 e. The highest BCUT2D eigenvalue weighted by molar-refractivity contribution is 7.98. The number of esters is 1. The number of para-hydroxylation sites is 2. The third kappa shape index (κ3) is 5.69. The van der Waals surface area contributed by atoms with Crippen molar-refractivity contribution in [3.8, 4) is 5.75 Å². The number of carbonyl (C=O) groups is 2. The summed E-state index contributed by atoms with van der Waals surface area (Å²) < 4.78 is 10.5. The fourth-order valence-corrected chi connectivity index (χ4v) is 3.14. The Kier molecular flexibility index (Phi) is 7.80. The van der Waals surface area contributed by atoms with Crippen molar-refractivity contribution in [3.05, 3.63) is 41.2 Å². The number of thioether (sulfide) groups is 1. The van der Waals surface area contributed by atoms with Gasteiger partial charge in [0, 0.05) is 17.8 Å². The molecule has 2 aromatic rings. The number of aromatic nitrogens is 2. The molecule has 8 heteroatoms. The van der Waals surface area contributed by atoms with E-state index in [4.69, 9.17) is 9.47 Å². The number of benzene rings is 1. The van der Waals surface area contributed by atoms with Gasteiger partial charge >= 0.3 is 5.97 Å². The molecule has 1 aromatic heterocycles. The Balaban J connectivity index is 1.91. The highest BCUT2D eigenvalue weighted by Crippen LogP contribution is 2.23. The van der Waals surface area contributed by atoms with E-state index in [1.165, 1.54) is 25.8 Å². The van der Waals surface area contributed by atoms with Gasteiger partial charge in [-0.3, -0.25) is 9.59 Å². The van der Waals surface area contributed by atoms with Crippen LogP contribution in [0, 0.1) is 13.8 Å². The summed E-state index contributed by atoms with van der Waals surface area (Å²) in [6.07, 6.45) is 1.61. The van der Waals surface area contributed by atoms with Gasteiger partial charge in [0.1, 0.15) is 5.75 Å². The van der Waals surface area contributed by atoms with Crippen molar-refractivity contribution < 1.29 is 19.1 Å². The largest absolute Gasteiger partial charge is 0.495 e. The molecule has 0 bridgehead atoms. The van der Waals surface area contributed by atoms with Crippen LogP contribution in [0.4, 0.5) is 5.69 Å². The van der Waals surface area contributed by atoms with Crippen LogP contribution in [0.5, 0.6) is 5.75 Å². The maximum atomic E-state index is 12.3. The summed E-state index contributed by atoms with van der Waals surface area (Å²) in [5.41, 5.74) is 3.16. The molecule has 0 fully saturated rings. The normalized spacial score (nSPS) is 11.6. The van der Waals surface area contributed by atoms with Gasteiger partial charge < -0.3 is 14.8 Å². The van der Waals surface area contributed by atoms with Crippen molar-refractivity contribution in [1.82, 2.24) is 9.97 Å². The van der Waals surface area contributed by atoms with Crippen molar-refractivity contribution in [1.29, 1.82) is 0 Å². The Hall–Kier alpha value is -2.61. The van der Waals surface area contributed by atoms with Crippen molar-refractivity contribution in [2.24, 2.45) is 0 Å². The van der Waals surface area contributed by atoms with Crippen LogP contribution < -0.4 is 10.1 Å². The molecule has 7 nitrogen and oxygen atoms in total. The van der Waals surface area contributed by atoms with Crippen LogP contribution in [-0.4, -0.2) is 41.3 Å². The first-order valence-corrected chi connectivity index (χ1v) is 10.1. The minimum absolute atomic E-state index is 0.149. The van der Waals surface area contributed by atoms with E-state index in [1.54, 1.807) is 24.3 Å². The molecule has 1 aromatic carbocycles. The monoisotopic (exact) mass is 403 g/mol. The fraction of sp³-hybridized carbons (Fsp3) is 0.400. The first kappa shape index (κ1) is 21.7. The van der Waals surface area contributed by atoms with Gasteiger partial charge in [-0.05, 0) is 51.1 Å². The van der Waals surface area contributed by atoms with Crippen LogP contribution in [-0.2, 0) is 20.7 Å². The van der Waals surface area contributed by atoms with Crippen LogP contribution in [0.2, 0.25) is 0 Å². The summed E-state index contributed by atoms with van der Waals surface area (Å²) >= 11 is 1.48. The lowest BCUT2D eigenvalue weighted by Crippen LogP contribution is -2.30. The number of aryl methyl sites for hydroxylation is 2. The second-order valence-corrected chi connectivity index (χ2v) is 6.95. The molecule has 1 heterocycles. The van der Waals surface area contributed by atoms with E-state index >= 15 is 0 Å². The SMILES string of the molecule is COc1ccccc1NC(=O)C(C)OC(=O)CCc1c(C)nc(SC)nc1C. The van der Waals surface area contributed by atoms with Crippen molar-refractivity contribution >= 4 is 29.3 Å². The van der Waals surface area contributed by atoms with Gasteiger partial charge in [-0.15, -0.1) is 0 Å². The van der Waals surface area contributed by atoms with Gasteiger partial charge in [0.15, 0.2) is 11.3 Å². The average molecular weight is 404 g/mol. The van der Waals surface area contributed by atoms with E-state index in [0.29, 0.717) is 23.0 Å². The van der Waals surface area contributed by atoms with E-state index in [2.05, 4.69) is 15.3 Å². The zero-order chi connectivity index (χ0) is 20.7. The maximum absolute atomic E-state index is 12.3. The maximum Gasteiger partial charge on any atom is 0.306 e. The number of rotatable bonds is 8. The van der Waals surface area contributed by atoms with Crippen LogP contribution in [0.15, 0.2) is 29.4 Å². The molecule has 1 amide bonds. The number of nitrogens with one attached hydrogen (secondary N) is 1. The van der Waals surface area contributed by atoms with E-state index in [9.17, 15) is 9.59 Å². The average Bonchev–Trinajstić information content (AvgIpc) is 2.67. The van der Waals surface area contributed by atoms with Gasteiger partial charge in [0.2, 0.25) is 0 Å². The minimum atomic E-state index is -0.922. The van der Waals surface area contributed by atoms with E-state index in [-0.39, 0.29) is 6.42 Å². The summed E-state index contributed by atoms with van der Waals surface area (Å²) in [6, 6.07) is 7.04. The molecule has 2 rings (SSSR count). The highest BCUT2D eigenvalue weighted by Gasteiger charge is 2.20.